The van der Waals surface area contributed by atoms with E-state index in [1.165, 1.54) is 18.9 Å². The van der Waals surface area contributed by atoms with Crippen molar-refractivity contribution in [2.24, 2.45) is 0 Å². The van der Waals surface area contributed by atoms with Crippen molar-refractivity contribution in [1.29, 1.82) is 0 Å². The van der Waals surface area contributed by atoms with Gasteiger partial charge in [-0.2, -0.15) is 31.3 Å². The highest BCUT2D eigenvalue weighted by atomic mass is 19.4. The van der Waals surface area contributed by atoms with Crippen molar-refractivity contribution in [3.63, 3.8) is 0 Å². The fraction of sp³-hybridized carbons (Fsp3) is 0.485. The van der Waals surface area contributed by atoms with Crippen molar-refractivity contribution in [2.45, 2.75) is 70.9 Å². The molecule has 2 atom stereocenters. The average Bonchev–Trinajstić information content (AvgIpc) is 3.08. The number of alkyl halides is 6. The molecule has 0 saturated heterocycles. The van der Waals surface area contributed by atoms with Crippen LogP contribution in [0.1, 0.15) is 74.2 Å². The predicted octanol–water partition coefficient (Wildman–Crippen LogP) is 7.10. The summed E-state index contributed by atoms with van der Waals surface area (Å²) in [6, 6.07) is 3.02. The lowest BCUT2D eigenvalue weighted by atomic mass is 9.93. The molecule has 52 heavy (non-hydrogen) atoms. The van der Waals surface area contributed by atoms with Crippen LogP contribution in [0.15, 0.2) is 30.3 Å². The second-order valence-electron chi connectivity index (χ2n) is 11.3. The first-order valence-corrected chi connectivity index (χ1v) is 16.2. The molecule has 284 valence electrons. The number of hydrogen-bond acceptors (Lipinski definition) is 12. The maximum atomic E-state index is 13.8. The van der Waals surface area contributed by atoms with Gasteiger partial charge < -0.3 is 34.1 Å². The fourth-order valence-corrected chi connectivity index (χ4v) is 5.43. The summed E-state index contributed by atoms with van der Waals surface area (Å²) in [5.41, 5.74) is -3.16. The molecule has 3 heterocycles. The third kappa shape index (κ3) is 9.62. The van der Waals surface area contributed by atoms with Crippen LogP contribution >= 0.6 is 0 Å². The van der Waals surface area contributed by atoms with Crippen molar-refractivity contribution < 1.29 is 64.7 Å². The lowest BCUT2D eigenvalue weighted by molar-refractivity contribution is -0.143. The Morgan fingerprint density at radius 1 is 0.962 bits per heavy atom. The lowest BCUT2D eigenvalue weighted by Crippen LogP contribution is -2.46. The summed E-state index contributed by atoms with van der Waals surface area (Å²) in [7, 11) is 1.39. The minimum Gasteiger partial charge on any atom is -0.486 e. The molecule has 0 aliphatic carbocycles. The molecule has 0 spiro atoms. The highest BCUT2D eigenvalue weighted by Crippen LogP contribution is 2.42. The number of aromatic nitrogens is 3. The molecule has 4 rings (SSSR count). The second kappa shape index (κ2) is 17.0. The summed E-state index contributed by atoms with van der Waals surface area (Å²) < 4.78 is 109. The van der Waals surface area contributed by atoms with Crippen molar-refractivity contribution in [2.75, 3.05) is 43.8 Å². The molecule has 2 aromatic heterocycles. The Balaban J connectivity index is 1.89. The van der Waals surface area contributed by atoms with Crippen LogP contribution in [-0.2, 0) is 28.2 Å². The van der Waals surface area contributed by atoms with Crippen molar-refractivity contribution in [3.05, 3.63) is 58.4 Å². The Bertz CT molecular complexity index is 1690. The molecular weight excluding hydrogens is 708 g/mol. The summed E-state index contributed by atoms with van der Waals surface area (Å²) >= 11 is 0. The predicted molar refractivity (Wildman–Crippen MR) is 171 cm³/mol. The Kier molecular flexibility index (Phi) is 13.0. The molecular formula is C33H37F6N5O8. The van der Waals surface area contributed by atoms with Crippen LogP contribution in [0.25, 0.3) is 0 Å². The first-order chi connectivity index (χ1) is 24.6. The number of carbonyl (C=O) groups is 2. The zero-order valence-corrected chi connectivity index (χ0v) is 28.6. The third-order valence-electron chi connectivity index (χ3n) is 7.70. The van der Waals surface area contributed by atoms with Crippen molar-refractivity contribution >= 4 is 23.9 Å². The van der Waals surface area contributed by atoms with Gasteiger partial charge >= 0.3 is 24.6 Å². The number of amides is 1. The minimum absolute atomic E-state index is 0.00403. The number of ether oxygens (including phenoxy) is 5. The maximum absolute atomic E-state index is 13.8. The van der Waals surface area contributed by atoms with Crippen LogP contribution in [0.4, 0.5) is 47.6 Å². The van der Waals surface area contributed by atoms with E-state index in [9.17, 15) is 41.0 Å². The van der Waals surface area contributed by atoms with Gasteiger partial charge in [0.25, 0.3) is 5.88 Å². The van der Waals surface area contributed by atoms with Crippen LogP contribution < -0.4 is 24.4 Å². The molecule has 0 unspecified atom stereocenters. The number of benzene rings is 1. The number of carbonyl (C=O) groups excluding carboxylic acids is 2. The molecule has 1 aromatic carbocycles. The van der Waals surface area contributed by atoms with E-state index in [1.807, 2.05) is 6.92 Å². The number of rotatable bonds is 13. The smallest absolute Gasteiger partial charge is 0.486 e. The highest BCUT2D eigenvalue weighted by Gasteiger charge is 2.39. The SMILES string of the molecule is CCOC(=O)Oc1nc(N[C@H]2C[C@@H](CC)N(C(=O)OCC)c3ccc(OC)nc32)nc(Cc2cc(C(F)(F)F)cc(C(F)(F)F)c2)c1OCCCO. The van der Waals surface area contributed by atoms with E-state index in [0.29, 0.717) is 29.9 Å². The number of nitrogens with one attached hydrogen (secondary N) is 1. The largest absolute Gasteiger partial charge is 0.515 e. The maximum Gasteiger partial charge on any atom is 0.515 e. The van der Waals surface area contributed by atoms with Crippen LogP contribution in [0.5, 0.6) is 17.5 Å². The van der Waals surface area contributed by atoms with Gasteiger partial charge in [-0.05, 0) is 56.5 Å². The molecule has 0 fully saturated rings. The molecule has 19 heteroatoms. The number of nitrogens with zero attached hydrogens (tertiary/aromatic N) is 4. The average molecular weight is 746 g/mol. The van der Waals surface area contributed by atoms with Gasteiger partial charge in [-0.3, -0.25) is 4.90 Å². The molecule has 1 aliphatic rings. The first kappa shape index (κ1) is 39.7. The fourth-order valence-electron chi connectivity index (χ4n) is 5.43. The standard InChI is InChI=1S/C33H37F6N5O8/c1-5-21-17-22(26-24(9-10-25(42-26)48-4)44(21)30(46)49-6-2)40-29-41-23(27(51-12-8-11-45)28(43-29)52-31(47)50-7-3)15-18-13-19(32(34,35)36)16-20(14-18)33(37,38)39/h9-10,13-14,16,21-22,45H,5-8,11-12,15,17H2,1-4H3,(H,40,41,43)/t21-,22+/m1/s1. The van der Waals surface area contributed by atoms with E-state index in [0.717, 1.165) is 0 Å². The van der Waals surface area contributed by atoms with E-state index >= 15 is 0 Å². The summed E-state index contributed by atoms with van der Waals surface area (Å²) in [5.74, 6) is -1.05. The van der Waals surface area contributed by atoms with Gasteiger partial charge in [-0.15, -0.1) is 0 Å². The zero-order valence-electron chi connectivity index (χ0n) is 28.6. The van der Waals surface area contributed by atoms with Gasteiger partial charge in [-0.1, -0.05) is 6.92 Å². The summed E-state index contributed by atoms with van der Waals surface area (Å²) in [5, 5.41) is 12.4. The van der Waals surface area contributed by atoms with Crippen molar-refractivity contribution in [3.8, 4) is 17.5 Å². The monoisotopic (exact) mass is 745 g/mol. The molecule has 0 saturated carbocycles. The number of pyridine rings is 1. The van der Waals surface area contributed by atoms with Crippen LogP contribution in [0.3, 0.4) is 0 Å². The van der Waals surface area contributed by atoms with Crippen LogP contribution in [-0.4, -0.2) is 71.9 Å². The van der Waals surface area contributed by atoms with Crippen LogP contribution in [0, 0.1) is 0 Å². The first-order valence-electron chi connectivity index (χ1n) is 16.2. The van der Waals surface area contributed by atoms with Gasteiger partial charge in [0, 0.05) is 31.6 Å². The quantitative estimate of drug-likeness (QED) is 0.104. The molecule has 1 aliphatic heterocycles. The zero-order chi connectivity index (χ0) is 38.2. The topological polar surface area (TPSA) is 154 Å². The molecule has 3 aromatic rings. The van der Waals surface area contributed by atoms with E-state index in [4.69, 9.17) is 23.7 Å². The molecule has 2 N–H and O–H groups in total. The van der Waals surface area contributed by atoms with Gasteiger partial charge in [0.15, 0.2) is 0 Å². The van der Waals surface area contributed by atoms with Crippen LogP contribution in [0.2, 0.25) is 0 Å². The molecule has 1 amide bonds. The number of halogens is 6. The second-order valence-corrected chi connectivity index (χ2v) is 11.3. The number of aliphatic hydroxyl groups is 1. The Labute approximate surface area is 294 Å². The summed E-state index contributed by atoms with van der Waals surface area (Å²) in [6.45, 7) is 4.42. The number of methoxy groups -OCH3 is 1. The number of hydrogen-bond donors (Lipinski definition) is 2. The van der Waals surface area contributed by atoms with E-state index < -0.39 is 65.7 Å². The Morgan fingerprint density at radius 3 is 2.21 bits per heavy atom. The molecule has 0 radical (unpaired) electrons. The van der Waals surface area contributed by atoms with Gasteiger partial charge in [0.2, 0.25) is 17.6 Å². The van der Waals surface area contributed by atoms with Crippen molar-refractivity contribution in [1.82, 2.24) is 15.0 Å². The van der Waals surface area contributed by atoms with Gasteiger partial charge in [0.1, 0.15) is 0 Å². The summed E-state index contributed by atoms with van der Waals surface area (Å²) in [6.07, 6.45) is -12.1. The normalized spacial score (nSPS) is 15.8. The van der Waals surface area contributed by atoms with Gasteiger partial charge in [0.05, 0.1) is 61.2 Å². The lowest BCUT2D eigenvalue weighted by Gasteiger charge is -2.39. The van der Waals surface area contributed by atoms with E-state index in [-0.39, 0.29) is 68.6 Å². The number of anilines is 2. The van der Waals surface area contributed by atoms with E-state index in [2.05, 4.69) is 20.3 Å². The van der Waals surface area contributed by atoms with E-state index in [1.54, 1.807) is 19.1 Å². The number of aliphatic hydroxyl groups excluding tert-OH is 1. The minimum atomic E-state index is -5.12. The Morgan fingerprint density at radius 2 is 1.63 bits per heavy atom. The molecule has 13 nitrogen and oxygen atoms in total. The summed E-state index contributed by atoms with van der Waals surface area (Å²) in [4.78, 5) is 40.2. The Hall–Kier alpha value is -5.07. The number of fused-ring (bicyclic) bond motifs is 1. The third-order valence-corrected chi connectivity index (χ3v) is 7.70. The molecule has 0 bridgehead atoms. The van der Waals surface area contributed by atoms with Gasteiger partial charge in [-0.25, -0.2) is 19.6 Å². The highest BCUT2D eigenvalue weighted by molar-refractivity contribution is 5.90.